The molecule has 1 aromatic carbocycles. The summed E-state index contributed by atoms with van der Waals surface area (Å²) in [6, 6.07) is 4.88. The van der Waals surface area contributed by atoms with Crippen LogP contribution in [0.25, 0.3) is 0 Å². The molecule has 0 radical (unpaired) electrons. The number of thiazole rings is 1. The summed E-state index contributed by atoms with van der Waals surface area (Å²) in [4.78, 5) is 4.28. The lowest BCUT2D eigenvalue weighted by atomic mass is 10.3. The van der Waals surface area contributed by atoms with Gasteiger partial charge in [-0.25, -0.2) is 9.37 Å². The molecule has 0 bridgehead atoms. The predicted molar refractivity (Wildman–Crippen MR) is 65.6 cm³/mol. The lowest BCUT2D eigenvalue weighted by molar-refractivity contribution is 0.630. The molecule has 2 nitrogen and oxygen atoms in total. The summed E-state index contributed by atoms with van der Waals surface area (Å²) in [5, 5.41) is 6.04. The van der Waals surface area contributed by atoms with E-state index >= 15 is 0 Å². The fourth-order valence-corrected chi connectivity index (χ4v) is 2.10. The molecule has 1 aromatic heterocycles. The van der Waals surface area contributed by atoms with Crippen LogP contribution < -0.4 is 5.32 Å². The fourth-order valence-electron chi connectivity index (χ4n) is 1.32. The number of hydrogen-bond donors (Lipinski definition) is 1. The van der Waals surface area contributed by atoms with E-state index in [2.05, 4.69) is 10.3 Å². The minimum absolute atomic E-state index is 0.124. The molecule has 16 heavy (non-hydrogen) atoms. The largest absolute Gasteiger partial charge is 0.377 e. The van der Waals surface area contributed by atoms with E-state index in [4.69, 9.17) is 11.6 Å². The van der Waals surface area contributed by atoms with Gasteiger partial charge in [-0.05, 0) is 19.1 Å². The number of hydrogen-bond acceptors (Lipinski definition) is 3. The van der Waals surface area contributed by atoms with Gasteiger partial charge in [0.2, 0.25) is 0 Å². The highest BCUT2D eigenvalue weighted by atomic mass is 35.5. The molecule has 0 unspecified atom stereocenters. The molecule has 2 aromatic rings. The molecular weight excluding hydrogens is 247 g/mol. The summed E-state index contributed by atoms with van der Waals surface area (Å²) in [5.74, 6) is -0.420. The van der Waals surface area contributed by atoms with Crippen LogP contribution in [0.15, 0.2) is 23.6 Å². The first kappa shape index (κ1) is 11.4. The highest BCUT2D eigenvalue weighted by Gasteiger charge is 2.06. The lowest BCUT2D eigenvalue weighted by Crippen LogP contribution is -2.01. The van der Waals surface area contributed by atoms with Crippen molar-refractivity contribution in [2.24, 2.45) is 0 Å². The van der Waals surface area contributed by atoms with Gasteiger partial charge >= 0.3 is 0 Å². The van der Waals surface area contributed by atoms with Gasteiger partial charge in [0, 0.05) is 5.38 Å². The highest BCUT2D eigenvalue weighted by Crippen LogP contribution is 2.22. The van der Waals surface area contributed by atoms with Gasteiger partial charge in [0.1, 0.15) is 0 Å². The standard InChI is InChI=1S/C11H10ClFN2S/c1-7-15-8(6-16-7)5-14-10-4-2-3-9(12)11(10)13/h2-4,6,14H,5H2,1H3. The third kappa shape index (κ3) is 2.51. The Labute approximate surface area is 102 Å². The summed E-state index contributed by atoms with van der Waals surface area (Å²) >= 11 is 7.25. The Morgan fingerprint density at radius 3 is 3.00 bits per heavy atom. The molecule has 5 heteroatoms. The first-order chi connectivity index (χ1) is 7.66. The summed E-state index contributed by atoms with van der Waals surface area (Å²) in [6.45, 7) is 2.44. The van der Waals surface area contributed by atoms with Crippen LogP contribution in [0.3, 0.4) is 0 Å². The van der Waals surface area contributed by atoms with E-state index in [9.17, 15) is 4.39 Å². The molecule has 84 valence electrons. The monoisotopic (exact) mass is 256 g/mol. The average molecular weight is 257 g/mol. The topological polar surface area (TPSA) is 24.9 Å². The van der Waals surface area contributed by atoms with Crippen molar-refractivity contribution in [1.29, 1.82) is 0 Å². The van der Waals surface area contributed by atoms with E-state index in [1.165, 1.54) is 6.07 Å². The number of halogens is 2. The van der Waals surface area contributed by atoms with Crippen molar-refractivity contribution in [3.05, 3.63) is 45.1 Å². The normalized spacial score (nSPS) is 10.4. The molecule has 0 amide bonds. The number of nitrogens with one attached hydrogen (secondary N) is 1. The maximum atomic E-state index is 13.5. The van der Waals surface area contributed by atoms with E-state index in [-0.39, 0.29) is 5.02 Å². The zero-order chi connectivity index (χ0) is 11.5. The Morgan fingerprint density at radius 1 is 1.50 bits per heavy atom. The van der Waals surface area contributed by atoms with Crippen molar-refractivity contribution in [1.82, 2.24) is 4.98 Å². The third-order valence-corrected chi connectivity index (χ3v) is 3.19. The molecule has 0 atom stereocenters. The minimum atomic E-state index is -0.420. The predicted octanol–water partition coefficient (Wildman–Crippen LogP) is 3.86. The van der Waals surface area contributed by atoms with Crippen LogP contribution in [-0.2, 0) is 6.54 Å². The van der Waals surface area contributed by atoms with E-state index in [1.54, 1.807) is 23.5 Å². The number of rotatable bonds is 3. The smallest absolute Gasteiger partial charge is 0.164 e. The first-order valence-electron chi connectivity index (χ1n) is 4.75. The number of aryl methyl sites for hydroxylation is 1. The average Bonchev–Trinajstić information content (AvgIpc) is 2.67. The van der Waals surface area contributed by atoms with Crippen molar-refractivity contribution in [3.8, 4) is 0 Å². The van der Waals surface area contributed by atoms with Gasteiger partial charge in [-0.2, -0.15) is 0 Å². The van der Waals surface area contributed by atoms with Gasteiger partial charge in [-0.3, -0.25) is 0 Å². The molecule has 0 fully saturated rings. The Kier molecular flexibility index (Phi) is 3.41. The van der Waals surface area contributed by atoms with Gasteiger partial charge in [-0.1, -0.05) is 17.7 Å². The van der Waals surface area contributed by atoms with E-state index < -0.39 is 5.82 Å². The second-order valence-corrected chi connectivity index (χ2v) is 4.78. The van der Waals surface area contributed by atoms with E-state index in [0.717, 1.165) is 10.7 Å². The van der Waals surface area contributed by atoms with Crippen LogP contribution in [0, 0.1) is 12.7 Å². The third-order valence-electron chi connectivity index (χ3n) is 2.08. The highest BCUT2D eigenvalue weighted by molar-refractivity contribution is 7.09. The zero-order valence-corrected chi connectivity index (χ0v) is 10.2. The molecule has 0 saturated heterocycles. The summed E-state index contributed by atoms with van der Waals surface area (Å²) < 4.78 is 13.5. The number of aromatic nitrogens is 1. The zero-order valence-electron chi connectivity index (χ0n) is 8.63. The number of anilines is 1. The molecule has 0 saturated carbocycles. The summed E-state index contributed by atoms with van der Waals surface area (Å²) in [7, 11) is 0. The summed E-state index contributed by atoms with van der Waals surface area (Å²) in [6.07, 6.45) is 0. The van der Waals surface area contributed by atoms with Crippen molar-refractivity contribution >= 4 is 28.6 Å². The van der Waals surface area contributed by atoms with E-state index in [1.807, 2.05) is 12.3 Å². The van der Waals surface area contributed by atoms with Crippen molar-refractivity contribution in [2.45, 2.75) is 13.5 Å². The van der Waals surface area contributed by atoms with Crippen molar-refractivity contribution < 1.29 is 4.39 Å². The Bertz CT molecular complexity index is 498. The Morgan fingerprint density at radius 2 is 2.31 bits per heavy atom. The van der Waals surface area contributed by atoms with Crippen LogP contribution in [0.5, 0.6) is 0 Å². The number of nitrogens with zero attached hydrogens (tertiary/aromatic N) is 1. The number of benzene rings is 1. The molecular formula is C11H10ClFN2S. The molecule has 2 rings (SSSR count). The molecule has 0 aliphatic carbocycles. The second kappa shape index (κ2) is 4.80. The van der Waals surface area contributed by atoms with Gasteiger partial charge in [0.15, 0.2) is 5.82 Å². The fraction of sp³-hybridized carbons (Fsp3) is 0.182. The molecule has 0 aliphatic heterocycles. The van der Waals surface area contributed by atoms with Crippen molar-refractivity contribution in [3.63, 3.8) is 0 Å². The first-order valence-corrected chi connectivity index (χ1v) is 6.01. The minimum Gasteiger partial charge on any atom is -0.377 e. The van der Waals surface area contributed by atoms with Gasteiger partial charge in [0.25, 0.3) is 0 Å². The quantitative estimate of drug-likeness (QED) is 0.902. The maximum absolute atomic E-state index is 13.5. The van der Waals surface area contributed by atoms with Crippen LogP contribution in [-0.4, -0.2) is 4.98 Å². The van der Waals surface area contributed by atoms with Crippen LogP contribution in [0.1, 0.15) is 10.7 Å². The Hall–Kier alpha value is -1.13. The van der Waals surface area contributed by atoms with Crippen LogP contribution >= 0.6 is 22.9 Å². The molecule has 1 N–H and O–H groups in total. The van der Waals surface area contributed by atoms with Crippen LogP contribution in [0.4, 0.5) is 10.1 Å². The molecule has 1 heterocycles. The molecule has 0 aliphatic rings. The van der Waals surface area contributed by atoms with Crippen molar-refractivity contribution in [2.75, 3.05) is 5.32 Å². The van der Waals surface area contributed by atoms with Gasteiger partial charge < -0.3 is 5.32 Å². The summed E-state index contributed by atoms with van der Waals surface area (Å²) in [5.41, 5.74) is 1.31. The molecule has 0 spiro atoms. The second-order valence-electron chi connectivity index (χ2n) is 3.31. The van der Waals surface area contributed by atoms with E-state index in [0.29, 0.717) is 12.2 Å². The van der Waals surface area contributed by atoms with Crippen LogP contribution in [0.2, 0.25) is 5.02 Å². The van der Waals surface area contributed by atoms with Gasteiger partial charge in [0.05, 0.1) is 28.0 Å². The lowest BCUT2D eigenvalue weighted by Gasteiger charge is -2.06. The Balaban J connectivity index is 2.07. The SMILES string of the molecule is Cc1nc(CNc2cccc(Cl)c2F)cs1. The maximum Gasteiger partial charge on any atom is 0.164 e. The van der Waals surface area contributed by atoms with Gasteiger partial charge in [-0.15, -0.1) is 11.3 Å².